The molecule has 0 unspecified atom stereocenters. The molecule has 0 bridgehead atoms. The van der Waals surface area contributed by atoms with Crippen molar-refractivity contribution in [1.29, 1.82) is 0 Å². The largest absolute Gasteiger partial charge is 0.494 e. The number of nitrogens with one attached hydrogen (secondary N) is 1. The van der Waals surface area contributed by atoms with Gasteiger partial charge in [-0.2, -0.15) is 0 Å². The van der Waals surface area contributed by atoms with E-state index in [4.69, 9.17) is 4.74 Å². The third-order valence-corrected chi connectivity index (χ3v) is 7.20. The first-order valence-electron chi connectivity index (χ1n) is 10.7. The van der Waals surface area contributed by atoms with E-state index < -0.39 is 10.0 Å². The van der Waals surface area contributed by atoms with Gasteiger partial charge in [0.25, 0.3) is 10.0 Å². The minimum atomic E-state index is -3.67. The van der Waals surface area contributed by atoms with Crippen LogP contribution < -0.4 is 14.4 Å². The predicted molar refractivity (Wildman–Crippen MR) is 126 cm³/mol. The van der Waals surface area contributed by atoms with E-state index in [0.29, 0.717) is 24.5 Å². The molecule has 0 aliphatic carbocycles. The molecule has 0 saturated carbocycles. The van der Waals surface area contributed by atoms with E-state index in [9.17, 15) is 13.2 Å². The molecule has 4 rings (SSSR count). The van der Waals surface area contributed by atoms with Crippen LogP contribution >= 0.6 is 0 Å². The van der Waals surface area contributed by atoms with Crippen molar-refractivity contribution in [2.24, 2.45) is 0 Å². The van der Waals surface area contributed by atoms with Crippen LogP contribution in [0.5, 0.6) is 5.75 Å². The fourth-order valence-corrected chi connectivity index (χ4v) is 5.40. The maximum atomic E-state index is 13.2. The number of aryl methyl sites for hydroxylation is 1. The van der Waals surface area contributed by atoms with Gasteiger partial charge in [-0.15, -0.1) is 0 Å². The van der Waals surface area contributed by atoms with Gasteiger partial charge >= 0.3 is 0 Å². The molecule has 0 radical (unpaired) electrons. The highest BCUT2D eigenvalue weighted by atomic mass is 32.2. The van der Waals surface area contributed by atoms with E-state index in [1.54, 1.807) is 36.4 Å². The fraction of sp³-hybridized carbons (Fsp3) is 0.240. The zero-order chi connectivity index (χ0) is 22.6. The molecule has 7 heteroatoms. The third-order valence-electron chi connectivity index (χ3n) is 5.38. The number of anilines is 2. The highest BCUT2D eigenvalue weighted by molar-refractivity contribution is 7.92. The second-order valence-electron chi connectivity index (χ2n) is 7.64. The van der Waals surface area contributed by atoms with Gasteiger partial charge in [0, 0.05) is 12.2 Å². The second kappa shape index (κ2) is 9.44. The predicted octanol–water partition coefficient (Wildman–Crippen LogP) is 4.41. The second-order valence-corrected chi connectivity index (χ2v) is 9.50. The van der Waals surface area contributed by atoms with E-state index in [2.05, 4.69) is 5.32 Å². The highest BCUT2D eigenvalue weighted by Crippen LogP contribution is 2.34. The summed E-state index contributed by atoms with van der Waals surface area (Å²) in [5, 5.41) is 2.90. The maximum absolute atomic E-state index is 13.2. The van der Waals surface area contributed by atoms with Gasteiger partial charge in [0.1, 0.15) is 5.75 Å². The Morgan fingerprint density at radius 1 is 1.03 bits per heavy atom. The zero-order valence-corrected chi connectivity index (χ0v) is 18.8. The summed E-state index contributed by atoms with van der Waals surface area (Å²) in [6, 6.07) is 21.3. The molecule has 1 aliphatic heterocycles. The zero-order valence-electron chi connectivity index (χ0n) is 18.0. The number of hydrogen-bond acceptors (Lipinski definition) is 4. The van der Waals surface area contributed by atoms with E-state index in [1.165, 1.54) is 4.31 Å². The van der Waals surface area contributed by atoms with Gasteiger partial charge in [0.15, 0.2) is 0 Å². The van der Waals surface area contributed by atoms with Crippen LogP contribution in [0.4, 0.5) is 11.4 Å². The Bertz CT molecular complexity index is 1190. The van der Waals surface area contributed by atoms with Gasteiger partial charge in [0.05, 0.1) is 23.6 Å². The van der Waals surface area contributed by atoms with Crippen molar-refractivity contribution in [3.63, 3.8) is 0 Å². The summed E-state index contributed by atoms with van der Waals surface area (Å²) in [7, 11) is -3.67. The normalized spacial score (nSPS) is 13.3. The fourth-order valence-electron chi connectivity index (χ4n) is 3.85. The number of carbonyl (C=O) groups is 1. The van der Waals surface area contributed by atoms with Crippen molar-refractivity contribution in [2.75, 3.05) is 22.8 Å². The van der Waals surface area contributed by atoms with E-state index in [-0.39, 0.29) is 17.2 Å². The summed E-state index contributed by atoms with van der Waals surface area (Å²) < 4.78 is 33.3. The van der Waals surface area contributed by atoms with Crippen LogP contribution in [0.15, 0.2) is 77.7 Å². The molecule has 1 amide bonds. The van der Waals surface area contributed by atoms with Crippen LogP contribution in [-0.2, 0) is 27.7 Å². The van der Waals surface area contributed by atoms with Crippen molar-refractivity contribution in [3.05, 3.63) is 83.9 Å². The Labute approximate surface area is 188 Å². The molecule has 0 spiro atoms. The van der Waals surface area contributed by atoms with Gasteiger partial charge in [0.2, 0.25) is 5.91 Å². The summed E-state index contributed by atoms with van der Waals surface area (Å²) >= 11 is 0. The molecular formula is C25H26N2O4S. The summed E-state index contributed by atoms with van der Waals surface area (Å²) in [5.41, 5.74) is 3.03. The van der Waals surface area contributed by atoms with Gasteiger partial charge in [-0.05, 0) is 67.3 Å². The molecule has 166 valence electrons. The molecule has 0 aromatic heterocycles. The van der Waals surface area contributed by atoms with Crippen molar-refractivity contribution in [2.45, 2.75) is 31.1 Å². The molecule has 1 aliphatic rings. The summed E-state index contributed by atoms with van der Waals surface area (Å²) in [5.74, 6) is 0.605. The third kappa shape index (κ3) is 4.78. The lowest BCUT2D eigenvalue weighted by atomic mass is 10.0. The lowest BCUT2D eigenvalue weighted by molar-refractivity contribution is -0.115. The van der Waals surface area contributed by atoms with Crippen LogP contribution in [0.1, 0.15) is 24.5 Å². The number of hydrogen-bond donors (Lipinski definition) is 1. The van der Waals surface area contributed by atoms with Crippen LogP contribution in [0, 0.1) is 0 Å². The van der Waals surface area contributed by atoms with Crippen molar-refractivity contribution in [3.8, 4) is 5.75 Å². The molecule has 0 saturated heterocycles. The number of fused-ring (bicyclic) bond motifs is 1. The van der Waals surface area contributed by atoms with Gasteiger partial charge in [-0.3, -0.25) is 9.10 Å². The average molecular weight is 451 g/mol. The van der Waals surface area contributed by atoms with Crippen LogP contribution in [0.2, 0.25) is 0 Å². The molecule has 1 heterocycles. The number of benzene rings is 3. The lowest BCUT2D eigenvalue weighted by Crippen LogP contribution is -2.35. The minimum Gasteiger partial charge on any atom is -0.494 e. The highest BCUT2D eigenvalue weighted by Gasteiger charge is 2.29. The van der Waals surface area contributed by atoms with E-state index in [0.717, 1.165) is 29.7 Å². The lowest BCUT2D eigenvalue weighted by Gasteiger charge is -2.31. The molecule has 0 fully saturated rings. The molecule has 0 atom stereocenters. The van der Waals surface area contributed by atoms with Gasteiger partial charge < -0.3 is 10.1 Å². The Morgan fingerprint density at radius 2 is 1.78 bits per heavy atom. The summed E-state index contributed by atoms with van der Waals surface area (Å²) in [4.78, 5) is 12.8. The number of nitrogens with zero attached hydrogens (tertiary/aromatic N) is 1. The van der Waals surface area contributed by atoms with Crippen LogP contribution in [0.3, 0.4) is 0 Å². The molecule has 3 aromatic carbocycles. The Kier molecular flexibility index (Phi) is 6.46. The standard InChI is InChI=1S/C25H26N2O4S/c1-2-31-22-14-10-19(11-15-22)17-25(28)26-21-13-12-20-7-6-16-27(24(20)18-21)32(29,30)23-8-4-3-5-9-23/h3-5,8-15,18H,2,6-7,16-17H2,1H3,(H,26,28). The van der Waals surface area contributed by atoms with Gasteiger partial charge in [-0.25, -0.2) is 8.42 Å². The summed E-state index contributed by atoms with van der Waals surface area (Å²) in [6.07, 6.45) is 1.77. The Balaban J connectivity index is 1.52. The van der Waals surface area contributed by atoms with E-state index >= 15 is 0 Å². The maximum Gasteiger partial charge on any atom is 0.264 e. The number of sulfonamides is 1. The van der Waals surface area contributed by atoms with Gasteiger partial charge in [-0.1, -0.05) is 36.4 Å². The number of carbonyl (C=O) groups excluding carboxylic acids is 1. The average Bonchev–Trinajstić information content (AvgIpc) is 2.80. The summed E-state index contributed by atoms with van der Waals surface area (Å²) in [6.45, 7) is 2.93. The van der Waals surface area contributed by atoms with Crippen molar-refractivity contribution < 1.29 is 17.9 Å². The topological polar surface area (TPSA) is 75.7 Å². The van der Waals surface area contributed by atoms with Crippen LogP contribution in [0.25, 0.3) is 0 Å². The first-order valence-corrected chi connectivity index (χ1v) is 12.1. The Hall–Kier alpha value is -3.32. The number of rotatable bonds is 7. The molecular weight excluding hydrogens is 424 g/mol. The van der Waals surface area contributed by atoms with Crippen molar-refractivity contribution in [1.82, 2.24) is 0 Å². The first-order chi connectivity index (χ1) is 15.5. The number of amides is 1. The molecule has 32 heavy (non-hydrogen) atoms. The molecule has 1 N–H and O–H groups in total. The smallest absolute Gasteiger partial charge is 0.264 e. The Morgan fingerprint density at radius 3 is 2.50 bits per heavy atom. The quantitative estimate of drug-likeness (QED) is 0.579. The first kappa shape index (κ1) is 21.9. The number of ether oxygens (including phenoxy) is 1. The molecule has 3 aromatic rings. The van der Waals surface area contributed by atoms with Crippen molar-refractivity contribution >= 4 is 27.3 Å². The SMILES string of the molecule is CCOc1ccc(CC(=O)Nc2ccc3c(c2)N(S(=O)(=O)c2ccccc2)CCC3)cc1. The van der Waals surface area contributed by atoms with Crippen LogP contribution in [-0.4, -0.2) is 27.5 Å². The molecule has 6 nitrogen and oxygen atoms in total. The van der Waals surface area contributed by atoms with E-state index in [1.807, 2.05) is 43.3 Å². The monoisotopic (exact) mass is 450 g/mol. The minimum absolute atomic E-state index is 0.164.